The highest BCUT2D eigenvalue weighted by Gasteiger charge is 2.38. The standard InChI is InChI=1S/C17H23ClN2O/c1-17(2,20-9-4-5-10-20)16(19-3)14-11-12-7-6-8-13(18)15(12)21-14/h6-8,11,16,19H,4-5,9-10H2,1-3H3. The molecular weight excluding hydrogens is 284 g/mol. The minimum Gasteiger partial charge on any atom is -0.458 e. The normalized spacial score (nSPS) is 18.5. The number of hydrogen-bond acceptors (Lipinski definition) is 3. The van der Waals surface area contributed by atoms with Crippen LogP contribution in [0.5, 0.6) is 0 Å². The Kier molecular flexibility index (Phi) is 4.00. The molecule has 1 unspecified atom stereocenters. The van der Waals surface area contributed by atoms with Crippen molar-refractivity contribution in [1.29, 1.82) is 0 Å². The second kappa shape index (κ2) is 5.64. The van der Waals surface area contributed by atoms with Gasteiger partial charge in [-0.05, 0) is 59.0 Å². The van der Waals surface area contributed by atoms with Gasteiger partial charge in [0.25, 0.3) is 0 Å². The highest BCUT2D eigenvalue weighted by Crippen LogP contribution is 2.37. The summed E-state index contributed by atoms with van der Waals surface area (Å²) in [5, 5.41) is 5.18. The van der Waals surface area contributed by atoms with Crippen molar-refractivity contribution in [2.24, 2.45) is 0 Å². The van der Waals surface area contributed by atoms with Gasteiger partial charge >= 0.3 is 0 Å². The lowest BCUT2D eigenvalue weighted by molar-refractivity contribution is 0.101. The van der Waals surface area contributed by atoms with Crippen LogP contribution in [-0.2, 0) is 0 Å². The zero-order chi connectivity index (χ0) is 15.0. The fourth-order valence-electron chi connectivity index (χ4n) is 3.51. The third kappa shape index (κ3) is 2.59. The van der Waals surface area contributed by atoms with Gasteiger partial charge in [-0.15, -0.1) is 0 Å². The molecule has 1 aromatic carbocycles. The number of nitrogens with zero attached hydrogens (tertiary/aromatic N) is 1. The van der Waals surface area contributed by atoms with E-state index in [-0.39, 0.29) is 11.6 Å². The number of rotatable bonds is 4. The van der Waals surface area contributed by atoms with Crippen molar-refractivity contribution in [3.8, 4) is 0 Å². The lowest BCUT2D eigenvalue weighted by Gasteiger charge is -2.41. The van der Waals surface area contributed by atoms with Crippen molar-refractivity contribution in [3.05, 3.63) is 35.0 Å². The molecule has 3 rings (SSSR count). The van der Waals surface area contributed by atoms with Crippen LogP contribution in [0.1, 0.15) is 38.5 Å². The molecule has 4 heteroatoms. The van der Waals surface area contributed by atoms with Gasteiger partial charge in [-0.25, -0.2) is 0 Å². The molecule has 1 fully saturated rings. The number of hydrogen-bond donors (Lipinski definition) is 1. The Labute approximate surface area is 131 Å². The summed E-state index contributed by atoms with van der Waals surface area (Å²) >= 11 is 6.24. The first-order chi connectivity index (χ1) is 10.0. The molecule has 21 heavy (non-hydrogen) atoms. The molecule has 1 aliphatic rings. The molecule has 1 saturated heterocycles. The summed E-state index contributed by atoms with van der Waals surface area (Å²) in [6, 6.07) is 8.13. The first-order valence-electron chi connectivity index (χ1n) is 7.64. The topological polar surface area (TPSA) is 28.4 Å². The third-order valence-corrected chi connectivity index (χ3v) is 5.01. The lowest BCUT2D eigenvalue weighted by Crippen LogP contribution is -2.50. The van der Waals surface area contributed by atoms with Crippen molar-refractivity contribution in [1.82, 2.24) is 10.2 Å². The number of nitrogens with one attached hydrogen (secondary N) is 1. The first kappa shape index (κ1) is 14.9. The van der Waals surface area contributed by atoms with Crippen molar-refractivity contribution in [2.45, 2.75) is 38.3 Å². The van der Waals surface area contributed by atoms with Gasteiger partial charge in [-0.3, -0.25) is 4.90 Å². The average molecular weight is 307 g/mol. The van der Waals surface area contributed by atoms with Gasteiger partial charge in [-0.1, -0.05) is 23.7 Å². The highest BCUT2D eigenvalue weighted by molar-refractivity contribution is 6.34. The third-order valence-electron chi connectivity index (χ3n) is 4.72. The maximum Gasteiger partial charge on any atom is 0.152 e. The number of furan rings is 1. The summed E-state index contributed by atoms with van der Waals surface area (Å²) in [5.74, 6) is 0.956. The molecule has 2 aromatic rings. The number of likely N-dealkylation sites (tertiary alicyclic amines) is 1. The Balaban J connectivity index is 1.99. The smallest absolute Gasteiger partial charge is 0.152 e. The van der Waals surface area contributed by atoms with E-state index < -0.39 is 0 Å². The number of likely N-dealkylation sites (N-methyl/N-ethyl adjacent to an activating group) is 1. The number of para-hydroxylation sites is 1. The van der Waals surface area contributed by atoms with E-state index in [1.54, 1.807) is 0 Å². The Morgan fingerprint density at radius 3 is 2.62 bits per heavy atom. The van der Waals surface area contributed by atoms with Crippen LogP contribution in [0.3, 0.4) is 0 Å². The Hall–Kier alpha value is -1.03. The van der Waals surface area contributed by atoms with Gasteiger partial charge in [0.1, 0.15) is 5.76 Å². The lowest BCUT2D eigenvalue weighted by atomic mass is 9.90. The Bertz CT molecular complexity index is 629. The molecule has 2 heterocycles. The van der Waals surface area contributed by atoms with Crippen molar-refractivity contribution in [3.63, 3.8) is 0 Å². The molecule has 0 spiro atoms. The van der Waals surface area contributed by atoms with E-state index in [4.69, 9.17) is 16.0 Å². The molecule has 0 radical (unpaired) electrons. The molecule has 1 aliphatic heterocycles. The monoisotopic (exact) mass is 306 g/mol. The van der Waals surface area contributed by atoms with Gasteiger partial charge < -0.3 is 9.73 Å². The van der Waals surface area contributed by atoms with Crippen molar-refractivity contribution >= 4 is 22.6 Å². The van der Waals surface area contributed by atoms with E-state index in [0.29, 0.717) is 5.02 Å². The minimum absolute atomic E-state index is 0.00556. The molecule has 114 valence electrons. The fourth-order valence-corrected chi connectivity index (χ4v) is 3.73. The SMILES string of the molecule is CNC(c1cc2cccc(Cl)c2o1)C(C)(C)N1CCCC1. The molecule has 1 atom stereocenters. The molecule has 1 aromatic heterocycles. The van der Waals surface area contributed by atoms with Crippen LogP contribution in [0.15, 0.2) is 28.7 Å². The van der Waals surface area contributed by atoms with Crippen LogP contribution in [0.4, 0.5) is 0 Å². The van der Waals surface area contributed by atoms with E-state index >= 15 is 0 Å². The van der Waals surface area contributed by atoms with E-state index in [0.717, 1.165) is 29.8 Å². The number of halogens is 1. The van der Waals surface area contributed by atoms with Crippen LogP contribution >= 0.6 is 11.6 Å². The van der Waals surface area contributed by atoms with E-state index in [1.807, 2.05) is 25.2 Å². The highest BCUT2D eigenvalue weighted by atomic mass is 35.5. The largest absolute Gasteiger partial charge is 0.458 e. The van der Waals surface area contributed by atoms with Crippen LogP contribution < -0.4 is 5.32 Å². The van der Waals surface area contributed by atoms with Crippen molar-refractivity contribution in [2.75, 3.05) is 20.1 Å². The van der Waals surface area contributed by atoms with Crippen LogP contribution in [0.25, 0.3) is 11.0 Å². The first-order valence-corrected chi connectivity index (χ1v) is 8.02. The molecule has 3 nitrogen and oxygen atoms in total. The summed E-state index contributed by atoms with van der Waals surface area (Å²) < 4.78 is 6.08. The molecule has 0 saturated carbocycles. The Morgan fingerprint density at radius 1 is 1.29 bits per heavy atom. The molecule has 0 amide bonds. The maximum absolute atomic E-state index is 6.24. The second-order valence-corrected chi connectivity index (χ2v) is 6.78. The van der Waals surface area contributed by atoms with E-state index in [2.05, 4.69) is 30.1 Å². The predicted molar refractivity (Wildman–Crippen MR) is 87.9 cm³/mol. The summed E-state index contributed by atoms with van der Waals surface area (Å²) in [5.41, 5.74) is 0.789. The van der Waals surface area contributed by atoms with Crippen LogP contribution in [0, 0.1) is 0 Å². The molecule has 1 N–H and O–H groups in total. The predicted octanol–water partition coefficient (Wildman–Crippen LogP) is 4.22. The van der Waals surface area contributed by atoms with Crippen molar-refractivity contribution < 1.29 is 4.42 Å². The zero-order valence-corrected chi connectivity index (χ0v) is 13.7. The molecular formula is C17H23ClN2O. The van der Waals surface area contributed by atoms with Gasteiger partial charge in [0, 0.05) is 10.9 Å². The summed E-state index contributed by atoms with van der Waals surface area (Å²) in [7, 11) is 2.00. The Morgan fingerprint density at radius 2 is 2.00 bits per heavy atom. The molecule has 0 aliphatic carbocycles. The summed E-state index contributed by atoms with van der Waals surface area (Å²) in [6.45, 7) is 6.89. The fraction of sp³-hybridized carbons (Fsp3) is 0.529. The van der Waals surface area contributed by atoms with Gasteiger partial charge in [-0.2, -0.15) is 0 Å². The quantitative estimate of drug-likeness (QED) is 0.916. The van der Waals surface area contributed by atoms with Gasteiger partial charge in [0.05, 0.1) is 11.1 Å². The van der Waals surface area contributed by atoms with E-state index in [9.17, 15) is 0 Å². The van der Waals surface area contributed by atoms with Crippen LogP contribution in [-0.4, -0.2) is 30.6 Å². The minimum atomic E-state index is 0.00556. The second-order valence-electron chi connectivity index (χ2n) is 6.38. The number of fused-ring (bicyclic) bond motifs is 1. The van der Waals surface area contributed by atoms with Gasteiger partial charge in [0.2, 0.25) is 0 Å². The maximum atomic E-state index is 6.24. The average Bonchev–Trinajstić information content (AvgIpc) is 3.08. The summed E-state index contributed by atoms with van der Waals surface area (Å²) in [6.07, 6.45) is 2.57. The van der Waals surface area contributed by atoms with Crippen LogP contribution in [0.2, 0.25) is 5.02 Å². The summed E-state index contributed by atoms with van der Waals surface area (Å²) in [4.78, 5) is 2.54. The van der Waals surface area contributed by atoms with E-state index in [1.165, 1.54) is 12.8 Å². The zero-order valence-electron chi connectivity index (χ0n) is 12.9. The molecule has 0 bridgehead atoms. The van der Waals surface area contributed by atoms with Gasteiger partial charge in [0.15, 0.2) is 5.58 Å². The number of benzene rings is 1.